The molecule has 1 aliphatic rings. The Hall–Kier alpha value is -1.26. The number of benzene rings is 1. The smallest absolute Gasteiger partial charge is 0.0946 e. The second-order valence-electron chi connectivity index (χ2n) is 5.73. The van der Waals surface area contributed by atoms with Crippen LogP contribution in [0.1, 0.15) is 12.8 Å². The minimum absolute atomic E-state index is 0.773. The molecule has 1 fully saturated rings. The van der Waals surface area contributed by atoms with Gasteiger partial charge in [0.25, 0.3) is 0 Å². The maximum atomic E-state index is 4.14. The van der Waals surface area contributed by atoms with E-state index in [1.807, 2.05) is 24.3 Å². The van der Waals surface area contributed by atoms with E-state index in [9.17, 15) is 0 Å². The average Bonchev–Trinajstić information content (AvgIpc) is 3.02. The Morgan fingerprint density at radius 2 is 2.14 bits per heavy atom. The molecule has 3 rings (SSSR count). The van der Waals surface area contributed by atoms with E-state index in [0.29, 0.717) is 0 Å². The Kier molecular flexibility index (Phi) is 5.35. The predicted octanol–water partition coefficient (Wildman–Crippen LogP) is 3.39. The molecule has 1 aromatic carbocycles. The summed E-state index contributed by atoms with van der Waals surface area (Å²) in [6.45, 7) is 4.80. The van der Waals surface area contributed by atoms with Crippen molar-refractivity contribution in [2.24, 2.45) is 5.92 Å². The largest absolute Gasteiger partial charge is 0.337 e. The molecule has 2 aromatic rings. The van der Waals surface area contributed by atoms with Gasteiger partial charge < -0.3 is 9.47 Å². The van der Waals surface area contributed by atoms with Crippen molar-refractivity contribution in [3.05, 3.63) is 49.1 Å². The summed E-state index contributed by atoms with van der Waals surface area (Å²) < 4.78 is 2.22. The number of aromatic nitrogens is 2. The van der Waals surface area contributed by atoms with E-state index in [1.54, 1.807) is 0 Å². The van der Waals surface area contributed by atoms with E-state index in [-0.39, 0.29) is 0 Å². The lowest BCUT2D eigenvalue weighted by Crippen LogP contribution is -2.38. The minimum Gasteiger partial charge on any atom is -0.337 e. The first-order valence-corrected chi connectivity index (χ1v) is 8.74. The summed E-state index contributed by atoms with van der Waals surface area (Å²) in [6.07, 6.45) is 8.56. The summed E-state index contributed by atoms with van der Waals surface area (Å²) in [6, 6.07) is 10.7. The van der Waals surface area contributed by atoms with Crippen LogP contribution >= 0.6 is 11.8 Å². The molecule has 0 amide bonds. The summed E-state index contributed by atoms with van der Waals surface area (Å²) in [5.74, 6) is 1.96. The Bertz CT molecular complexity index is 512. The topological polar surface area (TPSA) is 21.1 Å². The molecule has 1 saturated heterocycles. The van der Waals surface area contributed by atoms with Gasteiger partial charge in [-0.2, -0.15) is 0 Å². The average molecular weight is 301 g/mol. The lowest BCUT2D eigenvalue weighted by Gasteiger charge is -2.32. The first kappa shape index (κ1) is 14.7. The standard InChI is InChI=1S/C17H23N3S/c1-2-6-17(7-3-1)21-12-11-19-9-4-5-16(13-19)14-20-10-8-18-15-20/h1-3,6-8,10,15-16H,4-5,9,11-14H2/t16-/m1/s1. The molecule has 0 spiro atoms. The van der Waals surface area contributed by atoms with Gasteiger partial charge in [0, 0.05) is 42.7 Å². The zero-order valence-electron chi connectivity index (χ0n) is 12.4. The van der Waals surface area contributed by atoms with Crippen LogP contribution in [0.2, 0.25) is 0 Å². The van der Waals surface area contributed by atoms with Crippen LogP contribution in [0.4, 0.5) is 0 Å². The van der Waals surface area contributed by atoms with Crippen LogP contribution in [0, 0.1) is 5.92 Å². The Morgan fingerprint density at radius 1 is 1.24 bits per heavy atom. The quantitative estimate of drug-likeness (QED) is 0.763. The highest BCUT2D eigenvalue weighted by Gasteiger charge is 2.19. The number of hydrogen-bond donors (Lipinski definition) is 0. The molecule has 2 heterocycles. The van der Waals surface area contributed by atoms with Gasteiger partial charge in [0.05, 0.1) is 6.33 Å². The van der Waals surface area contributed by atoms with Gasteiger partial charge in [-0.15, -0.1) is 11.8 Å². The monoisotopic (exact) mass is 301 g/mol. The molecule has 0 saturated carbocycles. The molecule has 1 aromatic heterocycles. The van der Waals surface area contributed by atoms with Crippen LogP contribution in [0.3, 0.4) is 0 Å². The molecule has 1 aliphatic heterocycles. The van der Waals surface area contributed by atoms with Gasteiger partial charge in [-0.1, -0.05) is 18.2 Å². The van der Waals surface area contributed by atoms with E-state index in [4.69, 9.17) is 0 Å². The summed E-state index contributed by atoms with van der Waals surface area (Å²) in [7, 11) is 0. The van der Waals surface area contributed by atoms with Crippen molar-refractivity contribution >= 4 is 11.8 Å². The normalized spacial score (nSPS) is 19.7. The Labute approximate surface area is 131 Å². The van der Waals surface area contributed by atoms with Gasteiger partial charge in [-0.3, -0.25) is 0 Å². The van der Waals surface area contributed by atoms with Gasteiger partial charge in [0.15, 0.2) is 0 Å². The van der Waals surface area contributed by atoms with E-state index in [1.165, 1.54) is 43.1 Å². The fourth-order valence-corrected chi connectivity index (χ4v) is 3.94. The number of hydrogen-bond acceptors (Lipinski definition) is 3. The number of imidazole rings is 1. The van der Waals surface area contributed by atoms with Crippen molar-refractivity contribution in [2.75, 3.05) is 25.4 Å². The lowest BCUT2D eigenvalue weighted by atomic mass is 9.98. The third-order valence-corrected chi connectivity index (χ3v) is 5.04. The molecule has 21 heavy (non-hydrogen) atoms. The van der Waals surface area contributed by atoms with Crippen LogP contribution in [0.25, 0.3) is 0 Å². The lowest BCUT2D eigenvalue weighted by molar-refractivity contribution is 0.171. The van der Waals surface area contributed by atoms with Gasteiger partial charge in [-0.05, 0) is 37.4 Å². The van der Waals surface area contributed by atoms with Crippen molar-refractivity contribution < 1.29 is 0 Å². The second kappa shape index (κ2) is 7.66. The summed E-state index contributed by atoms with van der Waals surface area (Å²) in [5, 5.41) is 0. The maximum absolute atomic E-state index is 4.14. The zero-order chi connectivity index (χ0) is 14.3. The van der Waals surface area contributed by atoms with Gasteiger partial charge in [0.2, 0.25) is 0 Å². The van der Waals surface area contributed by atoms with Gasteiger partial charge in [-0.25, -0.2) is 4.98 Å². The molecule has 0 N–H and O–H groups in total. The molecule has 0 unspecified atom stereocenters. The molecule has 0 aliphatic carbocycles. The van der Waals surface area contributed by atoms with Crippen LogP contribution in [-0.2, 0) is 6.54 Å². The first-order valence-electron chi connectivity index (χ1n) is 7.76. The van der Waals surface area contributed by atoms with Crippen molar-refractivity contribution in [3.63, 3.8) is 0 Å². The fraction of sp³-hybridized carbons (Fsp3) is 0.471. The molecule has 1 atom stereocenters. The van der Waals surface area contributed by atoms with E-state index < -0.39 is 0 Å². The molecular formula is C17H23N3S. The number of likely N-dealkylation sites (tertiary alicyclic amines) is 1. The first-order chi connectivity index (χ1) is 10.4. The molecule has 0 radical (unpaired) electrons. The Morgan fingerprint density at radius 3 is 2.95 bits per heavy atom. The summed E-state index contributed by atoms with van der Waals surface area (Å²) in [4.78, 5) is 8.14. The van der Waals surface area contributed by atoms with Crippen molar-refractivity contribution in [1.82, 2.24) is 14.5 Å². The highest BCUT2D eigenvalue weighted by atomic mass is 32.2. The molecule has 3 nitrogen and oxygen atoms in total. The summed E-state index contributed by atoms with van der Waals surface area (Å²) >= 11 is 1.96. The molecule has 4 heteroatoms. The van der Waals surface area contributed by atoms with Gasteiger partial charge >= 0.3 is 0 Å². The molecule has 0 bridgehead atoms. The minimum atomic E-state index is 0.773. The van der Waals surface area contributed by atoms with Crippen molar-refractivity contribution in [2.45, 2.75) is 24.3 Å². The van der Waals surface area contributed by atoms with E-state index in [0.717, 1.165) is 12.5 Å². The highest BCUT2D eigenvalue weighted by Crippen LogP contribution is 2.21. The van der Waals surface area contributed by atoms with Gasteiger partial charge in [0.1, 0.15) is 0 Å². The highest BCUT2D eigenvalue weighted by molar-refractivity contribution is 7.99. The van der Waals surface area contributed by atoms with Crippen LogP contribution < -0.4 is 0 Å². The van der Waals surface area contributed by atoms with Crippen molar-refractivity contribution in [3.8, 4) is 0 Å². The SMILES string of the molecule is c1ccc(SCCN2CCC[C@@H](Cn3ccnc3)C2)cc1. The van der Waals surface area contributed by atoms with E-state index >= 15 is 0 Å². The van der Waals surface area contributed by atoms with Crippen LogP contribution in [-0.4, -0.2) is 39.8 Å². The number of nitrogens with zero attached hydrogens (tertiary/aromatic N) is 3. The number of piperidine rings is 1. The van der Waals surface area contributed by atoms with Crippen LogP contribution in [0.15, 0.2) is 53.9 Å². The number of rotatable bonds is 6. The fourth-order valence-electron chi connectivity index (χ4n) is 3.01. The number of thioether (sulfide) groups is 1. The maximum Gasteiger partial charge on any atom is 0.0946 e. The molecular weight excluding hydrogens is 278 g/mol. The second-order valence-corrected chi connectivity index (χ2v) is 6.90. The van der Waals surface area contributed by atoms with Crippen LogP contribution in [0.5, 0.6) is 0 Å². The van der Waals surface area contributed by atoms with E-state index in [2.05, 4.69) is 51.0 Å². The summed E-state index contributed by atoms with van der Waals surface area (Å²) in [5.41, 5.74) is 0. The third-order valence-electron chi connectivity index (χ3n) is 4.05. The van der Waals surface area contributed by atoms with Crippen molar-refractivity contribution in [1.29, 1.82) is 0 Å². The molecule has 112 valence electrons. The zero-order valence-corrected chi connectivity index (χ0v) is 13.2. The predicted molar refractivity (Wildman–Crippen MR) is 88.6 cm³/mol. The third kappa shape index (κ3) is 4.61. The Balaban J connectivity index is 1.41.